The smallest absolute Gasteiger partial charge is 0.264 e. The molecule has 0 N–H and O–H groups in total. The van der Waals surface area contributed by atoms with E-state index < -0.39 is 0 Å². The summed E-state index contributed by atoms with van der Waals surface area (Å²) in [4.78, 5) is 17.2. The lowest BCUT2D eigenvalue weighted by Crippen LogP contribution is -2.27. The third-order valence-corrected chi connectivity index (χ3v) is 4.35. The molecule has 1 aromatic carbocycles. The number of para-hydroxylation sites is 1. The second-order valence-corrected chi connectivity index (χ2v) is 5.89. The van der Waals surface area contributed by atoms with Crippen molar-refractivity contribution in [1.82, 2.24) is 19.3 Å². The van der Waals surface area contributed by atoms with E-state index >= 15 is 0 Å². The summed E-state index contributed by atoms with van der Waals surface area (Å²) < 4.78 is 8.78. The van der Waals surface area contributed by atoms with Crippen molar-refractivity contribution in [2.24, 2.45) is 5.92 Å². The summed E-state index contributed by atoms with van der Waals surface area (Å²) in [6.45, 7) is 2.25. The number of nitrogens with zero attached hydrogens (tertiary/aromatic N) is 4. The molecule has 1 fully saturated rings. The van der Waals surface area contributed by atoms with Crippen molar-refractivity contribution in [3.8, 4) is 5.69 Å². The fraction of sp³-hybridized carbons (Fsp3) is 0.353. The molecule has 0 unspecified atom stereocenters. The summed E-state index contributed by atoms with van der Waals surface area (Å²) in [7, 11) is 0. The molecular formula is C17H18N4O2. The quantitative estimate of drug-likeness (QED) is 0.742. The van der Waals surface area contributed by atoms with Crippen LogP contribution in [-0.2, 0) is 11.3 Å². The van der Waals surface area contributed by atoms with E-state index in [1.807, 2.05) is 30.3 Å². The Labute approximate surface area is 133 Å². The molecule has 3 heterocycles. The fourth-order valence-corrected chi connectivity index (χ4v) is 3.04. The molecule has 118 valence electrons. The van der Waals surface area contributed by atoms with Crippen LogP contribution in [0.25, 0.3) is 16.7 Å². The van der Waals surface area contributed by atoms with Gasteiger partial charge in [-0.05, 0) is 30.9 Å². The van der Waals surface area contributed by atoms with Crippen molar-refractivity contribution in [2.45, 2.75) is 19.4 Å². The Morgan fingerprint density at radius 1 is 1.17 bits per heavy atom. The number of rotatable bonds is 3. The molecule has 0 aliphatic carbocycles. The standard InChI is InChI=1S/C17H18N4O2/c22-17-15-10-19-21(14-4-2-1-3-5-14)16(15)18-12-20(17)11-13-6-8-23-9-7-13/h1-5,10,12-13H,6-9,11H2. The van der Waals surface area contributed by atoms with E-state index in [0.29, 0.717) is 23.5 Å². The molecule has 0 spiro atoms. The molecule has 3 aromatic rings. The largest absolute Gasteiger partial charge is 0.381 e. The fourth-order valence-electron chi connectivity index (χ4n) is 3.04. The minimum Gasteiger partial charge on any atom is -0.381 e. The van der Waals surface area contributed by atoms with E-state index in [9.17, 15) is 4.79 Å². The van der Waals surface area contributed by atoms with Crippen LogP contribution in [0.3, 0.4) is 0 Å². The van der Waals surface area contributed by atoms with E-state index in [4.69, 9.17) is 4.74 Å². The van der Waals surface area contributed by atoms with Gasteiger partial charge in [0.15, 0.2) is 5.65 Å². The first-order valence-electron chi connectivity index (χ1n) is 7.89. The highest BCUT2D eigenvalue weighted by atomic mass is 16.5. The summed E-state index contributed by atoms with van der Waals surface area (Å²) >= 11 is 0. The van der Waals surface area contributed by atoms with E-state index in [2.05, 4.69) is 10.1 Å². The molecular weight excluding hydrogens is 292 g/mol. The van der Waals surface area contributed by atoms with Crippen LogP contribution in [0.1, 0.15) is 12.8 Å². The van der Waals surface area contributed by atoms with E-state index in [0.717, 1.165) is 31.7 Å². The van der Waals surface area contributed by atoms with Crippen LogP contribution >= 0.6 is 0 Å². The molecule has 2 aromatic heterocycles. The van der Waals surface area contributed by atoms with E-state index in [1.54, 1.807) is 21.8 Å². The van der Waals surface area contributed by atoms with Gasteiger partial charge in [0, 0.05) is 19.8 Å². The SMILES string of the molecule is O=c1c2cnn(-c3ccccc3)c2ncn1CC1CCOCC1. The van der Waals surface area contributed by atoms with Gasteiger partial charge in [-0.25, -0.2) is 9.67 Å². The highest BCUT2D eigenvalue weighted by molar-refractivity contribution is 5.74. The monoisotopic (exact) mass is 310 g/mol. The summed E-state index contributed by atoms with van der Waals surface area (Å²) in [6, 6.07) is 9.72. The molecule has 0 saturated carbocycles. The predicted octanol–water partition coefficient (Wildman–Crippen LogP) is 2.01. The second-order valence-electron chi connectivity index (χ2n) is 5.89. The molecule has 1 saturated heterocycles. The molecule has 0 radical (unpaired) electrons. The van der Waals surface area contributed by atoms with Crippen LogP contribution in [0.15, 0.2) is 47.7 Å². The van der Waals surface area contributed by atoms with Crippen LogP contribution in [0.5, 0.6) is 0 Å². The molecule has 6 nitrogen and oxygen atoms in total. The maximum Gasteiger partial charge on any atom is 0.264 e. The van der Waals surface area contributed by atoms with Crippen molar-refractivity contribution in [3.63, 3.8) is 0 Å². The Kier molecular flexibility index (Phi) is 3.67. The molecule has 1 aliphatic rings. The Morgan fingerprint density at radius 2 is 1.96 bits per heavy atom. The third-order valence-electron chi connectivity index (χ3n) is 4.35. The van der Waals surface area contributed by atoms with Gasteiger partial charge >= 0.3 is 0 Å². The molecule has 4 rings (SSSR count). The Balaban J connectivity index is 1.71. The zero-order valence-corrected chi connectivity index (χ0v) is 12.8. The maximum absolute atomic E-state index is 12.7. The summed E-state index contributed by atoms with van der Waals surface area (Å²) in [5.41, 5.74) is 1.48. The molecule has 23 heavy (non-hydrogen) atoms. The van der Waals surface area contributed by atoms with Crippen LogP contribution in [-0.4, -0.2) is 32.5 Å². The Morgan fingerprint density at radius 3 is 2.74 bits per heavy atom. The number of fused-ring (bicyclic) bond motifs is 1. The number of hydrogen-bond acceptors (Lipinski definition) is 4. The summed E-state index contributed by atoms with van der Waals surface area (Å²) in [5.74, 6) is 0.477. The zero-order chi connectivity index (χ0) is 15.6. The van der Waals surface area contributed by atoms with Gasteiger partial charge in [-0.3, -0.25) is 9.36 Å². The first-order chi connectivity index (χ1) is 11.3. The van der Waals surface area contributed by atoms with Crippen molar-refractivity contribution in [2.75, 3.05) is 13.2 Å². The number of aromatic nitrogens is 4. The van der Waals surface area contributed by atoms with Gasteiger partial charge in [-0.2, -0.15) is 5.10 Å². The van der Waals surface area contributed by atoms with Crippen LogP contribution in [0.4, 0.5) is 0 Å². The lowest BCUT2D eigenvalue weighted by molar-refractivity contribution is 0.0609. The van der Waals surface area contributed by atoms with Gasteiger partial charge in [0.2, 0.25) is 0 Å². The van der Waals surface area contributed by atoms with E-state index in [-0.39, 0.29) is 5.56 Å². The Bertz CT molecular complexity index is 863. The number of benzene rings is 1. The minimum atomic E-state index is -0.0244. The van der Waals surface area contributed by atoms with Gasteiger partial charge in [-0.15, -0.1) is 0 Å². The van der Waals surface area contributed by atoms with Gasteiger partial charge in [0.05, 0.1) is 18.2 Å². The van der Waals surface area contributed by atoms with Gasteiger partial charge in [-0.1, -0.05) is 18.2 Å². The average molecular weight is 310 g/mol. The second kappa shape index (κ2) is 5.96. The molecule has 6 heteroatoms. The topological polar surface area (TPSA) is 61.9 Å². The molecule has 0 bridgehead atoms. The maximum atomic E-state index is 12.7. The van der Waals surface area contributed by atoms with Crippen LogP contribution < -0.4 is 5.56 Å². The Hall–Kier alpha value is -2.47. The molecule has 1 aliphatic heterocycles. The lowest BCUT2D eigenvalue weighted by Gasteiger charge is -2.22. The molecule has 0 amide bonds. The van der Waals surface area contributed by atoms with Crippen molar-refractivity contribution >= 4 is 11.0 Å². The highest BCUT2D eigenvalue weighted by Crippen LogP contribution is 2.17. The third kappa shape index (κ3) is 2.66. The first-order valence-corrected chi connectivity index (χ1v) is 7.89. The number of hydrogen-bond donors (Lipinski definition) is 0. The van der Waals surface area contributed by atoms with Gasteiger partial charge in [0.1, 0.15) is 5.39 Å². The van der Waals surface area contributed by atoms with Crippen molar-refractivity contribution in [3.05, 3.63) is 53.2 Å². The summed E-state index contributed by atoms with van der Waals surface area (Å²) in [6.07, 6.45) is 5.24. The highest BCUT2D eigenvalue weighted by Gasteiger charge is 2.17. The first kappa shape index (κ1) is 14.1. The lowest BCUT2D eigenvalue weighted by atomic mass is 10.0. The van der Waals surface area contributed by atoms with E-state index in [1.165, 1.54) is 0 Å². The van der Waals surface area contributed by atoms with Crippen molar-refractivity contribution < 1.29 is 4.74 Å². The van der Waals surface area contributed by atoms with Crippen molar-refractivity contribution in [1.29, 1.82) is 0 Å². The normalized spacial score (nSPS) is 16.0. The predicted molar refractivity (Wildman–Crippen MR) is 86.7 cm³/mol. The zero-order valence-electron chi connectivity index (χ0n) is 12.8. The number of ether oxygens (including phenoxy) is 1. The molecule has 0 atom stereocenters. The van der Waals surface area contributed by atoms with Crippen LogP contribution in [0.2, 0.25) is 0 Å². The summed E-state index contributed by atoms with van der Waals surface area (Å²) in [5, 5.41) is 4.89. The average Bonchev–Trinajstić information content (AvgIpc) is 3.04. The van der Waals surface area contributed by atoms with Gasteiger partial charge in [0.25, 0.3) is 5.56 Å². The van der Waals surface area contributed by atoms with Crippen LogP contribution in [0, 0.1) is 5.92 Å². The van der Waals surface area contributed by atoms with Gasteiger partial charge < -0.3 is 4.74 Å². The minimum absolute atomic E-state index is 0.0244.